The van der Waals surface area contributed by atoms with E-state index in [9.17, 15) is 0 Å². The molecule has 0 bridgehead atoms. The summed E-state index contributed by atoms with van der Waals surface area (Å²) in [5.74, 6) is 1.77. The smallest absolute Gasteiger partial charge is 0.225 e. The second-order valence-electron chi connectivity index (χ2n) is 7.92. The molecule has 28 heavy (non-hydrogen) atoms. The molecule has 156 valence electrons. The number of hydrogen-bond acceptors (Lipinski definition) is 6. The molecule has 8 nitrogen and oxygen atoms in total. The van der Waals surface area contributed by atoms with Gasteiger partial charge in [-0.3, -0.25) is 9.89 Å². The fraction of sp³-hybridized carbons (Fsp3) is 0.750. The van der Waals surface area contributed by atoms with Crippen molar-refractivity contribution in [3.05, 3.63) is 18.5 Å². The summed E-state index contributed by atoms with van der Waals surface area (Å²) in [5, 5.41) is 7.09. The third kappa shape index (κ3) is 6.04. The molecule has 8 heteroatoms. The quantitative estimate of drug-likeness (QED) is 0.547. The molecule has 2 N–H and O–H groups in total. The Morgan fingerprint density at radius 3 is 2.39 bits per heavy atom. The summed E-state index contributed by atoms with van der Waals surface area (Å²) in [7, 11) is 1.86. The van der Waals surface area contributed by atoms with Crippen molar-refractivity contribution in [3.8, 4) is 0 Å². The topological polar surface area (TPSA) is 71.9 Å². The van der Waals surface area contributed by atoms with E-state index in [1.165, 1.54) is 25.9 Å². The molecule has 1 aromatic rings. The zero-order valence-electron chi connectivity index (χ0n) is 17.6. The average Bonchev–Trinajstić information content (AvgIpc) is 2.74. The van der Waals surface area contributed by atoms with E-state index in [0.717, 1.165) is 51.2 Å². The number of hydrogen-bond donors (Lipinski definition) is 2. The number of aliphatic imine (C=N–C) groups is 1. The Bertz CT molecular complexity index is 589. The molecule has 2 aliphatic rings. The van der Waals surface area contributed by atoms with Crippen LogP contribution in [-0.4, -0.2) is 97.2 Å². The highest BCUT2D eigenvalue weighted by molar-refractivity contribution is 5.79. The van der Waals surface area contributed by atoms with E-state index in [-0.39, 0.29) is 0 Å². The van der Waals surface area contributed by atoms with Gasteiger partial charge in [0.25, 0.3) is 0 Å². The summed E-state index contributed by atoms with van der Waals surface area (Å²) in [6, 6.07) is 3.03. The fourth-order valence-corrected chi connectivity index (χ4v) is 3.91. The molecule has 0 aliphatic carbocycles. The van der Waals surface area contributed by atoms with Crippen molar-refractivity contribution in [3.63, 3.8) is 0 Å². The van der Waals surface area contributed by atoms with Crippen LogP contribution in [0.1, 0.15) is 26.7 Å². The Labute approximate surface area is 169 Å². The highest BCUT2D eigenvalue weighted by Gasteiger charge is 2.22. The average molecular weight is 389 g/mol. The molecule has 2 fully saturated rings. The Hall–Kier alpha value is -1.93. The molecule has 2 aliphatic heterocycles. The van der Waals surface area contributed by atoms with Crippen molar-refractivity contribution in [2.24, 2.45) is 4.99 Å². The fourth-order valence-electron chi connectivity index (χ4n) is 3.91. The Balaban J connectivity index is 1.32. The van der Waals surface area contributed by atoms with Crippen molar-refractivity contribution >= 4 is 11.9 Å². The van der Waals surface area contributed by atoms with Gasteiger partial charge in [-0.05, 0) is 32.8 Å². The predicted octanol–water partition coefficient (Wildman–Crippen LogP) is 0.636. The lowest BCUT2D eigenvalue weighted by Crippen LogP contribution is -2.52. The van der Waals surface area contributed by atoms with Crippen LogP contribution < -0.4 is 15.5 Å². The minimum atomic E-state index is 0.524. The van der Waals surface area contributed by atoms with Gasteiger partial charge in [-0.15, -0.1) is 0 Å². The summed E-state index contributed by atoms with van der Waals surface area (Å²) >= 11 is 0. The van der Waals surface area contributed by atoms with E-state index in [1.807, 2.05) is 25.5 Å². The maximum absolute atomic E-state index is 4.41. The maximum Gasteiger partial charge on any atom is 0.225 e. The highest BCUT2D eigenvalue weighted by Crippen LogP contribution is 2.13. The molecule has 0 atom stereocenters. The van der Waals surface area contributed by atoms with E-state index in [1.54, 1.807) is 0 Å². The van der Waals surface area contributed by atoms with Crippen LogP contribution in [0.2, 0.25) is 0 Å². The SMILES string of the molecule is CN=C(NCCN1CCN(c2ncccn2)CC1)NC1CCN(C(C)C)CC1. The summed E-state index contributed by atoms with van der Waals surface area (Å²) in [6.07, 6.45) is 5.98. The standard InChI is InChI=1S/C20H36N8/c1-17(2)27-10-5-18(6-11-27)25-19(21-3)22-9-12-26-13-15-28(16-14-26)20-23-7-4-8-24-20/h4,7-8,17-18H,5-6,9-16H2,1-3H3,(H2,21,22,25). The van der Waals surface area contributed by atoms with Gasteiger partial charge in [0, 0.05) is 83.9 Å². The van der Waals surface area contributed by atoms with Gasteiger partial charge in [-0.1, -0.05) is 0 Å². The number of nitrogens with one attached hydrogen (secondary N) is 2. The van der Waals surface area contributed by atoms with Gasteiger partial charge in [0.1, 0.15) is 0 Å². The first-order valence-corrected chi connectivity index (χ1v) is 10.6. The third-order valence-corrected chi connectivity index (χ3v) is 5.75. The summed E-state index contributed by atoms with van der Waals surface area (Å²) in [4.78, 5) is 20.4. The van der Waals surface area contributed by atoms with E-state index in [0.29, 0.717) is 12.1 Å². The van der Waals surface area contributed by atoms with Crippen molar-refractivity contribution in [2.45, 2.75) is 38.8 Å². The number of likely N-dealkylation sites (tertiary alicyclic amines) is 1. The lowest BCUT2D eigenvalue weighted by atomic mass is 10.0. The minimum absolute atomic E-state index is 0.524. The Morgan fingerprint density at radius 1 is 1.11 bits per heavy atom. The summed E-state index contributed by atoms with van der Waals surface area (Å²) in [5.41, 5.74) is 0. The van der Waals surface area contributed by atoms with Gasteiger partial charge in [-0.2, -0.15) is 0 Å². The first kappa shape index (κ1) is 20.8. The van der Waals surface area contributed by atoms with E-state index in [4.69, 9.17) is 0 Å². The molecule has 0 amide bonds. The number of rotatable bonds is 6. The summed E-state index contributed by atoms with van der Waals surface area (Å²) < 4.78 is 0. The van der Waals surface area contributed by atoms with Crippen LogP contribution in [0, 0.1) is 0 Å². The first-order chi connectivity index (χ1) is 13.7. The van der Waals surface area contributed by atoms with Gasteiger partial charge in [-0.25, -0.2) is 9.97 Å². The second kappa shape index (κ2) is 10.6. The molecule has 0 radical (unpaired) electrons. The molecule has 2 saturated heterocycles. The maximum atomic E-state index is 4.41. The molecule has 0 aromatic carbocycles. The highest BCUT2D eigenvalue weighted by atomic mass is 15.3. The van der Waals surface area contributed by atoms with E-state index < -0.39 is 0 Å². The van der Waals surface area contributed by atoms with Crippen LogP contribution >= 0.6 is 0 Å². The van der Waals surface area contributed by atoms with Crippen LogP contribution in [-0.2, 0) is 0 Å². The van der Waals surface area contributed by atoms with E-state index >= 15 is 0 Å². The summed E-state index contributed by atoms with van der Waals surface area (Å²) in [6.45, 7) is 12.9. The third-order valence-electron chi connectivity index (χ3n) is 5.75. The van der Waals surface area contributed by atoms with Crippen LogP contribution in [0.15, 0.2) is 23.5 Å². The van der Waals surface area contributed by atoms with Crippen LogP contribution in [0.3, 0.4) is 0 Å². The Kier molecular flexibility index (Phi) is 7.85. The lowest BCUT2D eigenvalue weighted by molar-refractivity contribution is 0.167. The minimum Gasteiger partial charge on any atom is -0.355 e. The van der Waals surface area contributed by atoms with Gasteiger partial charge < -0.3 is 20.4 Å². The first-order valence-electron chi connectivity index (χ1n) is 10.6. The molecule has 3 rings (SSSR count). The van der Waals surface area contributed by atoms with Crippen LogP contribution in [0.4, 0.5) is 5.95 Å². The van der Waals surface area contributed by atoms with Crippen molar-refractivity contribution in [1.29, 1.82) is 0 Å². The van der Waals surface area contributed by atoms with Crippen molar-refractivity contribution in [2.75, 3.05) is 64.3 Å². The lowest BCUT2D eigenvalue weighted by Gasteiger charge is -2.36. The monoisotopic (exact) mass is 388 g/mol. The molecular formula is C20H36N8. The number of piperazine rings is 1. The van der Waals surface area contributed by atoms with Crippen LogP contribution in [0.5, 0.6) is 0 Å². The van der Waals surface area contributed by atoms with Gasteiger partial charge in [0.2, 0.25) is 5.95 Å². The molecule has 0 spiro atoms. The van der Waals surface area contributed by atoms with Gasteiger partial charge in [0.15, 0.2) is 5.96 Å². The molecular weight excluding hydrogens is 352 g/mol. The molecule has 0 saturated carbocycles. The number of anilines is 1. The molecule has 0 unspecified atom stereocenters. The predicted molar refractivity (Wildman–Crippen MR) is 115 cm³/mol. The number of aromatic nitrogens is 2. The number of piperidine rings is 1. The van der Waals surface area contributed by atoms with Crippen molar-refractivity contribution in [1.82, 2.24) is 30.4 Å². The van der Waals surface area contributed by atoms with Gasteiger partial charge >= 0.3 is 0 Å². The molecule has 3 heterocycles. The van der Waals surface area contributed by atoms with Gasteiger partial charge in [0.05, 0.1) is 0 Å². The zero-order chi connectivity index (χ0) is 19.8. The largest absolute Gasteiger partial charge is 0.355 e. The van der Waals surface area contributed by atoms with E-state index in [2.05, 4.69) is 54.1 Å². The number of nitrogens with zero attached hydrogens (tertiary/aromatic N) is 6. The normalized spacial score (nSPS) is 20.6. The van der Waals surface area contributed by atoms with Crippen molar-refractivity contribution < 1.29 is 0 Å². The van der Waals surface area contributed by atoms with Crippen LogP contribution in [0.25, 0.3) is 0 Å². The number of guanidine groups is 1. The Morgan fingerprint density at radius 2 is 1.79 bits per heavy atom. The molecule has 1 aromatic heterocycles. The zero-order valence-corrected chi connectivity index (χ0v) is 17.6. The second-order valence-corrected chi connectivity index (χ2v) is 7.92.